The van der Waals surface area contributed by atoms with E-state index in [1.807, 2.05) is 0 Å². The zero-order chi connectivity index (χ0) is 29.7. The Morgan fingerprint density at radius 2 is 1.40 bits per heavy atom. The van der Waals surface area contributed by atoms with Crippen LogP contribution in [0, 0.1) is 11.8 Å². The van der Waals surface area contributed by atoms with E-state index >= 15 is 0 Å². The third-order valence-electron chi connectivity index (χ3n) is 7.54. The minimum absolute atomic E-state index is 0.477. The lowest BCUT2D eigenvalue weighted by Crippen LogP contribution is -2.63. The van der Waals surface area contributed by atoms with Gasteiger partial charge in [0.05, 0.1) is 0 Å². The van der Waals surface area contributed by atoms with Crippen molar-refractivity contribution < 1.29 is 57.2 Å². The highest BCUT2D eigenvalue weighted by Gasteiger charge is 2.83. The fourth-order valence-electron chi connectivity index (χ4n) is 5.37. The Kier molecular flexibility index (Phi) is 8.36. The number of benzene rings is 2. The van der Waals surface area contributed by atoms with Crippen LogP contribution < -0.4 is 4.74 Å². The number of alkyl halides is 9. The molecule has 2 aliphatic carbocycles. The highest BCUT2D eigenvalue weighted by atomic mass is 32.2. The predicted octanol–water partition coefficient (Wildman–Crippen LogP) is 7.14. The molecule has 1 heterocycles. The normalized spacial score (nSPS) is 24.3. The number of rotatable bonds is 6. The Labute approximate surface area is 227 Å². The molecule has 40 heavy (non-hydrogen) atoms. The van der Waals surface area contributed by atoms with E-state index in [1.54, 1.807) is 4.90 Å². The van der Waals surface area contributed by atoms with Crippen molar-refractivity contribution in [3.8, 4) is 5.75 Å². The molecule has 2 bridgehead atoms. The molecule has 0 radical (unpaired) electrons. The van der Waals surface area contributed by atoms with E-state index in [0.717, 1.165) is 17.6 Å². The molecule has 3 unspecified atom stereocenters. The van der Waals surface area contributed by atoms with Crippen LogP contribution in [0.15, 0.2) is 41.3 Å². The molecule has 1 aliphatic heterocycles. The van der Waals surface area contributed by atoms with Gasteiger partial charge in [0.25, 0.3) is 0 Å². The lowest BCUT2D eigenvalue weighted by Gasteiger charge is -2.34. The van der Waals surface area contributed by atoms with Gasteiger partial charge in [-0.05, 0) is 85.4 Å². The van der Waals surface area contributed by atoms with Crippen molar-refractivity contribution in [3.63, 3.8) is 0 Å². The first-order valence-corrected chi connectivity index (χ1v) is 15.4. The molecule has 1 saturated heterocycles. The van der Waals surface area contributed by atoms with Crippen LogP contribution in [0.5, 0.6) is 5.75 Å². The second kappa shape index (κ2) is 10.8. The number of halogens is 9. The molecule has 224 valence electrons. The van der Waals surface area contributed by atoms with E-state index in [0.29, 0.717) is 17.0 Å². The standard InChI is InChI=1S/C21H25OS.C4HF9O3S/c1-2-10-23(9-1)20-8-6-16-13-19(7-5-17(16)14-20)22-21-12-15-3-4-18(21)11-15;5-1(6,3(9,10)11)2(7,8)4(12,13)17(14,15)16/h5-8,13-15,18,21H,1-4,9-12H2;(H,14,15,16)/q+1;/p-1. The van der Waals surface area contributed by atoms with Crippen molar-refractivity contribution in [2.75, 3.05) is 11.5 Å². The molecule has 0 N–H and O–H groups in total. The van der Waals surface area contributed by atoms with Gasteiger partial charge in [0, 0.05) is 17.0 Å². The summed E-state index contributed by atoms with van der Waals surface area (Å²) < 4.78 is 142. The van der Waals surface area contributed by atoms with Gasteiger partial charge >= 0.3 is 23.3 Å². The topological polar surface area (TPSA) is 66.4 Å². The average molecular weight is 625 g/mol. The molecule has 5 rings (SSSR count). The minimum Gasteiger partial charge on any atom is -0.743 e. The highest BCUT2D eigenvalue weighted by molar-refractivity contribution is 7.97. The fourth-order valence-corrected chi connectivity index (χ4v) is 8.15. The molecule has 4 nitrogen and oxygen atoms in total. The molecule has 3 fully saturated rings. The summed E-state index contributed by atoms with van der Waals surface area (Å²) in [6, 6.07) is 13.8. The summed E-state index contributed by atoms with van der Waals surface area (Å²) >= 11 is 0. The lowest BCUT2D eigenvalue weighted by atomic mass is 9.97. The summed E-state index contributed by atoms with van der Waals surface area (Å²) in [4.78, 5) is 1.57. The van der Waals surface area contributed by atoms with Crippen molar-refractivity contribution >= 4 is 31.8 Å². The Hall–Kier alpha value is -1.87. The van der Waals surface area contributed by atoms with Crippen LogP contribution in [-0.4, -0.2) is 53.9 Å². The molecule has 0 aromatic heterocycles. The second-order valence-corrected chi connectivity index (χ2v) is 13.9. The monoisotopic (exact) mass is 624 g/mol. The van der Waals surface area contributed by atoms with Crippen molar-refractivity contribution in [2.24, 2.45) is 11.8 Å². The van der Waals surface area contributed by atoms with Crippen molar-refractivity contribution in [3.05, 3.63) is 36.4 Å². The smallest absolute Gasteiger partial charge is 0.460 e. The maximum atomic E-state index is 12.2. The molecular weight excluding hydrogens is 599 g/mol. The summed E-state index contributed by atoms with van der Waals surface area (Å²) in [7, 11) is -6.90. The number of ether oxygens (including phenoxy) is 1. The van der Waals surface area contributed by atoms with Crippen LogP contribution in [-0.2, 0) is 21.0 Å². The molecule has 2 saturated carbocycles. The van der Waals surface area contributed by atoms with Crippen LogP contribution in [0.25, 0.3) is 10.8 Å². The van der Waals surface area contributed by atoms with E-state index in [4.69, 9.17) is 4.74 Å². The molecule has 0 spiro atoms. The minimum atomic E-state index is -7.43. The maximum absolute atomic E-state index is 12.2. The molecule has 15 heteroatoms. The molecule has 2 aromatic carbocycles. The molecule has 2 aromatic rings. The quantitative estimate of drug-likeness (QED) is 0.195. The average Bonchev–Trinajstić information content (AvgIpc) is 3.62. The Morgan fingerprint density at radius 1 is 0.800 bits per heavy atom. The molecular formula is C25H25F9O4S2. The molecule has 3 atom stereocenters. The first-order valence-electron chi connectivity index (χ1n) is 12.4. The van der Waals surface area contributed by atoms with Crippen molar-refractivity contribution in [2.45, 2.75) is 72.8 Å². The molecule has 0 amide bonds. The SMILES string of the molecule is O=S(=O)([O-])C(F)(F)C(F)(F)C(F)(F)C(F)(F)F.c1cc2cc([S+]3CCCC3)ccc2cc1OC1CC2CCC1C2. The summed E-state index contributed by atoms with van der Waals surface area (Å²) in [6.07, 6.45) is 1.65. The highest BCUT2D eigenvalue weighted by Crippen LogP contribution is 2.54. The summed E-state index contributed by atoms with van der Waals surface area (Å²) in [5.41, 5.74) is 0. The second-order valence-electron chi connectivity index (χ2n) is 10.2. The Balaban J connectivity index is 0.000000196. The Morgan fingerprint density at radius 3 is 1.93 bits per heavy atom. The maximum Gasteiger partial charge on any atom is 0.460 e. The van der Waals surface area contributed by atoms with Gasteiger partial charge in [-0.25, -0.2) is 8.42 Å². The van der Waals surface area contributed by atoms with Crippen LogP contribution in [0.2, 0.25) is 0 Å². The van der Waals surface area contributed by atoms with Gasteiger partial charge in [0.15, 0.2) is 15.0 Å². The first-order chi connectivity index (χ1) is 18.3. The molecule has 3 aliphatic rings. The summed E-state index contributed by atoms with van der Waals surface area (Å²) in [5, 5.41) is -4.40. The number of hydrogen-bond donors (Lipinski definition) is 0. The van der Waals surface area contributed by atoms with Gasteiger partial charge in [-0.3, -0.25) is 0 Å². The van der Waals surface area contributed by atoms with Gasteiger partial charge < -0.3 is 9.29 Å². The zero-order valence-electron chi connectivity index (χ0n) is 20.7. The largest absolute Gasteiger partial charge is 0.743 e. The zero-order valence-corrected chi connectivity index (χ0v) is 22.3. The predicted molar refractivity (Wildman–Crippen MR) is 129 cm³/mol. The van der Waals surface area contributed by atoms with Gasteiger partial charge in [0.1, 0.15) is 23.4 Å². The summed E-state index contributed by atoms with van der Waals surface area (Å²) in [5.74, 6) is -9.18. The van der Waals surface area contributed by atoms with Crippen LogP contribution >= 0.6 is 0 Å². The van der Waals surface area contributed by atoms with Crippen LogP contribution in [0.3, 0.4) is 0 Å². The van der Waals surface area contributed by atoms with Gasteiger partial charge in [-0.2, -0.15) is 39.5 Å². The third-order valence-corrected chi connectivity index (χ3v) is 10.9. The summed E-state index contributed by atoms with van der Waals surface area (Å²) in [6.45, 7) is 0. The van der Waals surface area contributed by atoms with Crippen molar-refractivity contribution in [1.82, 2.24) is 0 Å². The van der Waals surface area contributed by atoms with E-state index in [1.165, 1.54) is 60.8 Å². The van der Waals surface area contributed by atoms with E-state index in [9.17, 15) is 52.5 Å². The van der Waals surface area contributed by atoms with E-state index in [2.05, 4.69) is 36.4 Å². The number of hydrogen-bond acceptors (Lipinski definition) is 4. The van der Waals surface area contributed by atoms with Crippen LogP contribution in [0.1, 0.15) is 38.5 Å². The fraction of sp³-hybridized carbons (Fsp3) is 0.600. The lowest BCUT2D eigenvalue weighted by molar-refractivity contribution is -0.382. The van der Waals surface area contributed by atoms with Crippen LogP contribution in [0.4, 0.5) is 39.5 Å². The first kappa shape index (κ1) is 31.1. The van der Waals surface area contributed by atoms with Gasteiger partial charge in [-0.1, -0.05) is 6.07 Å². The van der Waals surface area contributed by atoms with Gasteiger partial charge in [0.2, 0.25) is 0 Å². The van der Waals surface area contributed by atoms with Gasteiger partial charge in [-0.15, -0.1) is 0 Å². The van der Waals surface area contributed by atoms with E-state index < -0.39 is 33.4 Å². The van der Waals surface area contributed by atoms with E-state index in [-0.39, 0.29) is 0 Å². The van der Waals surface area contributed by atoms with Crippen molar-refractivity contribution in [1.29, 1.82) is 0 Å². The Bertz CT molecular complexity index is 1330. The third kappa shape index (κ3) is 5.74. The number of fused-ring (bicyclic) bond motifs is 3.